The molecule has 2 unspecified atom stereocenters. The Morgan fingerprint density at radius 1 is 1.40 bits per heavy atom. The molecular weight excluding hydrogens is 184 g/mol. The standard InChI is InChI=1S/C13H24N2/c1-11-6-4-7-12(11)15-10-13(2,3)8-5-9-14/h11-12,15H,4-8,10H2,1-3H3. The zero-order valence-corrected chi connectivity index (χ0v) is 10.3. The number of nitrogens with zero attached hydrogens (tertiary/aromatic N) is 1. The summed E-state index contributed by atoms with van der Waals surface area (Å²) >= 11 is 0. The third kappa shape index (κ3) is 4.22. The molecule has 0 spiro atoms. The second-order valence-corrected chi connectivity index (χ2v) is 5.72. The zero-order valence-electron chi connectivity index (χ0n) is 10.3. The Morgan fingerprint density at radius 2 is 2.13 bits per heavy atom. The first-order valence-electron chi connectivity index (χ1n) is 6.15. The Balaban J connectivity index is 2.26. The van der Waals surface area contributed by atoms with Gasteiger partial charge < -0.3 is 5.32 Å². The molecule has 0 aromatic rings. The van der Waals surface area contributed by atoms with Crippen LogP contribution in [0.4, 0.5) is 0 Å². The van der Waals surface area contributed by atoms with E-state index in [0.29, 0.717) is 12.5 Å². The SMILES string of the molecule is CC1CCCC1NCC(C)(C)CCC#N. The molecule has 0 heterocycles. The predicted molar refractivity (Wildman–Crippen MR) is 63.4 cm³/mol. The highest BCUT2D eigenvalue weighted by Gasteiger charge is 2.25. The van der Waals surface area contributed by atoms with Crippen LogP contribution >= 0.6 is 0 Å². The van der Waals surface area contributed by atoms with E-state index in [1.54, 1.807) is 0 Å². The lowest BCUT2D eigenvalue weighted by Crippen LogP contribution is -2.38. The van der Waals surface area contributed by atoms with E-state index < -0.39 is 0 Å². The summed E-state index contributed by atoms with van der Waals surface area (Å²) in [5, 5.41) is 12.3. The summed E-state index contributed by atoms with van der Waals surface area (Å²) in [5.74, 6) is 0.830. The summed E-state index contributed by atoms with van der Waals surface area (Å²) < 4.78 is 0. The molecule has 0 bridgehead atoms. The largest absolute Gasteiger partial charge is 0.313 e. The van der Waals surface area contributed by atoms with E-state index in [0.717, 1.165) is 18.9 Å². The van der Waals surface area contributed by atoms with Crippen LogP contribution in [0.15, 0.2) is 0 Å². The van der Waals surface area contributed by atoms with Gasteiger partial charge in [-0.2, -0.15) is 5.26 Å². The lowest BCUT2D eigenvalue weighted by atomic mass is 9.87. The summed E-state index contributed by atoms with van der Waals surface area (Å²) in [6, 6.07) is 2.95. The van der Waals surface area contributed by atoms with Gasteiger partial charge in [-0.3, -0.25) is 0 Å². The van der Waals surface area contributed by atoms with Gasteiger partial charge in [0.15, 0.2) is 0 Å². The summed E-state index contributed by atoms with van der Waals surface area (Å²) in [6.45, 7) is 7.88. The van der Waals surface area contributed by atoms with Crippen LogP contribution < -0.4 is 5.32 Å². The highest BCUT2D eigenvalue weighted by atomic mass is 14.9. The van der Waals surface area contributed by atoms with Crippen molar-refractivity contribution in [1.29, 1.82) is 5.26 Å². The molecule has 1 aliphatic carbocycles. The van der Waals surface area contributed by atoms with Crippen molar-refractivity contribution in [3.63, 3.8) is 0 Å². The fourth-order valence-corrected chi connectivity index (χ4v) is 2.34. The fourth-order valence-electron chi connectivity index (χ4n) is 2.34. The third-order valence-electron chi connectivity index (χ3n) is 3.62. The van der Waals surface area contributed by atoms with Crippen LogP contribution in [0.25, 0.3) is 0 Å². The van der Waals surface area contributed by atoms with Gasteiger partial charge in [0, 0.05) is 19.0 Å². The minimum Gasteiger partial charge on any atom is -0.313 e. The minimum atomic E-state index is 0.262. The predicted octanol–water partition coefficient (Wildman–Crippen LogP) is 3.09. The Morgan fingerprint density at radius 3 is 2.67 bits per heavy atom. The van der Waals surface area contributed by atoms with Crippen molar-refractivity contribution < 1.29 is 0 Å². The number of nitriles is 1. The fraction of sp³-hybridized carbons (Fsp3) is 0.923. The molecule has 1 rings (SSSR count). The van der Waals surface area contributed by atoms with Crippen molar-refractivity contribution >= 4 is 0 Å². The van der Waals surface area contributed by atoms with Gasteiger partial charge in [-0.25, -0.2) is 0 Å². The molecule has 0 saturated heterocycles. The van der Waals surface area contributed by atoms with E-state index in [9.17, 15) is 0 Å². The van der Waals surface area contributed by atoms with E-state index in [-0.39, 0.29) is 5.41 Å². The van der Waals surface area contributed by atoms with Crippen LogP contribution in [-0.2, 0) is 0 Å². The maximum Gasteiger partial charge on any atom is 0.0621 e. The molecule has 0 aromatic heterocycles. The first-order chi connectivity index (χ1) is 7.05. The Hall–Kier alpha value is -0.550. The van der Waals surface area contributed by atoms with Gasteiger partial charge in [-0.1, -0.05) is 27.2 Å². The second kappa shape index (κ2) is 5.51. The van der Waals surface area contributed by atoms with Gasteiger partial charge in [-0.15, -0.1) is 0 Å². The average molecular weight is 208 g/mol. The number of nitrogens with one attached hydrogen (secondary N) is 1. The molecule has 1 N–H and O–H groups in total. The highest BCUT2D eigenvalue weighted by molar-refractivity contribution is 4.84. The van der Waals surface area contributed by atoms with E-state index in [1.165, 1.54) is 19.3 Å². The van der Waals surface area contributed by atoms with Crippen molar-refractivity contribution in [2.75, 3.05) is 6.54 Å². The van der Waals surface area contributed by atoms with Gasteiger partial charge in [-0.05, 0) is 30.6 Å². The number of rotatable bonds is 5. The van der Waals surface area contributed by atoms with Gasteiger partial charge in [0.05, 0.1) is 6.07 Å². The average Bonchev–Trinajstić information content (AvgIpc) is 2.58. The molecule has 0 aromatic carbocycles. The number of hydrogen-bond donors (Lipinski definition) is 1. The first kappa shape index (κ1) is 12.5. The van der Waals surface area contributed by atoms with Crippen LogP contribution in [0.5, 0.6) is 0 Å². The van der Waals surface area contributed by atoms with Crippen molar-refractivity contribution in [1.82, 2.24) is 5.32 Å². The van der Waals surface area contributed by atoms with Gasteiger partial charge >= 0.3 is 0 Å². The molecule has 0 amide bonds. The van der Waals surface area contributed by atoms with E-state index in [2.05, 4.69) is 32.2 Å². The second-order valence-electron chi connectivity index (χ2n) is 5.72. The molecule has 86 valence electrons. The molecule has 2 atom stereocenters. The third-order valence-corrected chi connectivity index (χ3v) is 3.62. The van der Waals surface area contributed by atoms with E-state index >= 15 is 0 Å². The Bertz CT molecular complexity index is 227. The molecule has 0 aliphatic heterocycles. The maximum absolute atomic E-state index is 8.58. The van der Waals surface area contributed by atoms with Gasteiger partial charge in [0.2, 0.25) is 0 Å². The summed E-state index contributed by atoms with van der Waals surface area (Å²) in [5.41, 5.74) is 0.262. The first-order valence-corrected chi connectivity index (χ1v) is 6.15. The smallest absolute Gasteiger partial charge is 0.0621 e. The number of hydrogen-bond acceptors (Lipinski definition) is 2. The van der Waals surface area contributed by atoms with E-state index in [4.69, 9.17) is 5.26 Å². The molecule has 2 nitrogen and oxygen atoms in total. The van der Waals surface area contributed by atoms with Gasteiger partial charge in [0.1, 0.15) is 0 Å². The summed E-state index contributed by atoms with van der Waals surface area (Å²) in [7, 11) is 0. The van der Waals surface area contributed by atoms with Crippen molar-refractivity contribution in [2.24, 2.45) is 11.3 Å². The topological polar surface area (TPSA) is 35.8 Å². The summed E-state index contributed by atoms with van der Waals surface area (Å²) in [4.78, 5) is 0. The molecule has 1 saturated carbocycles. The van der Waals surface area contributed by atoms with Crippen LogP contribution in [0.2, 0.25) is 0 Å². The lowest BCUT2D eigenvalue weighted by Gasteiger charge is -2.27. The monoisotopic (exact) mass is 208 g/mol. The van der Waals surface area contributed by atoms with Crippen LogP contribution in [-0.4, -0.2) is 12.6 Å². The molecule has 1 fully saturated rings. The lowest BCUT2D eigenvalue weighted by molar-refractivity contribution is 0.285. The van der Waals surface area contributed by atoms with Crippen molar-refractivity contribution in [2.45, 2.75) is 58.9 Å². The molecule has 15 heavy (non-hydrogen) atoms. The Kier molecular flexibility index (Phi) is 4.60. The quantitative estimate of drug-likeness (QED) is 0.753. The molecule has 0 radical (unpaired) electrons. The highest BCUT2D eigenvalue weighted by Crippen LogP contribution is 2.27. The Labute approximate surface area is 94.1 Å². The van der Waals surface area contributed by atoms with Gasteiger partial charge in [0.25, 0.3) is 0 Å². The minimum absolute atomic E-state index is 0.262. The summed E-state index contributed by atoms with van der Waals surface area (Å²) in [6.07, 6.45) is 5.75. The normalized spacial score (nSPS) is 26.5. The zero-order chi connectivity index (χ0) is 11.3. The van der Waals surface area contributed by atoms with Crippen molar-refractivity contribution in [3.8, 4) is 6.07 Å². The van der Waals surface area contributed by atoms with Crippen molar-refractivity contribution in [3.05, 3.63) is 0 Å². The molecule has 1 aliphatic rings. The maximum atomic E-state index is 8.58. The van der Waals surface area contributed by atoms with Crippen LogP contribution in [0.1, 0.15) is 52.9 Å². The van der Waals surface area contributed by atoms with Crippen LogP contribution in [0, 0.1) is 22.7 Å². The van der Waals surface area contributed by atoms with E-state index in [1.807, 2.05) is 0 Å². The molecule has 2 heteroatoms. The van der Waals surface area contributed by atoms with Crippen LogP contribution in [0.3, 0.4) is 0 Å². The molecular formula is C13H24N2.